The molecule has 2 heterocycles. The van der Waals surface area contributed by atoms with E-state index >= 15 is 0 Å². The summed E-state index contributed by atoms with van der Waals surface area (Å²) < 4.78 is 5.75. The third kappa shape index (κ3) is 2.87. The first-order chi connectivity index (χ1) is 9.36. The van der Waals surface area contributed by atoms with Crippen LogP contribution in [0.4, 0.5) is 0 Å². The van der Waals surface area contributed by atoms with Gasteiger partial charge in [-0.2, -0.15) is 0 Å². The number of nitrogens with zero attached hydrogens (tertiary/aromatic N) is 2. The second-order valence-electron chi connectivity index (χ2n) is 4.97. The van der Waals surface area contributed by atoms with Crippen LogP contribution >= 0.6 is 11.3 Å². The highest BCUT2D eigenvalue weighted by Gasteiger charge is 2.17. The summed E-state index contributed by atoms with van der Waals surface area (Å²) in [6, 6.07) is 2.24. The first-order valence-corrected chi connectivity index (χ1v) is 7.77. The molecule has 3 rings (SSSR count). The Kier molecular flexibility index (Phi) is 3.94. The largest absolute Gasteiger partial charge is 0.420 e. The van der Waals surface area contributed by atoms with Crippen molar-refractivity contribution in [2.24, 2.45) is 0 Å². The highest BCUT2D eigenvalue weighted by molar-refractivity contribution is 7.15. The lowest BCUT2D eigenvalue weighted by molar-refractivity contribution is 0.495. The lowest BCUT2D eigenvalue weighted by Crippen LogP contribution is -2.08. The number of nitrogens with one attached hydrogen (secondary N) is 1. The molecule has 0 unspecified atom stereocenters. The Morgan fingerprint density at radius 1 is 1.32 bits per heavy atom. The molecule has 2 aromatic rings. The summed E-state index contributed by atoms with van der Waals surface area (Å²) in [7, 11) is 1.95. The minimum atomic E-state index is 0.693. The lowest BCUT2D eigenvalue weighted by atomic mass is 9.99. The molecule has 0 atom stereocenters. The topological polar surface area (TPSA) is 51.0 Å². The van der Waals surface area contributed by atoms with Crippen LogP contribution in [0.3, 0.4) is 0 Å². The van der Waals surface area contributed by atoms with Gasteiger partial charge in [0.25, 0.3) is 5.89 Å². The summed E-state index contributed by atoms with van der Waals surface area (Å²) in [5, 5.41) is 11.4. The summed E-state index contributed by atoms with van der Waals surface area (Å²) in [6.45, 7) is 0.977. The number of fused-ring (bicyclic) bond motifs is 1. The Morgan fingerprint density at radius 3 is 3.05 bits per heavy atom. The Labute approximate surface area is 117 Å². The van der Waals surface area contributed by atoms with Crippen molar-refractivity contribution in [3.05, 3.63) is 22.4 Å². The molecule has 0 spiro atoms. The van der Waals surface area contributed by atoms with Gasteiger partial charge in [0.2, 0.25) is 5.89 Å². The monoisotopic (exact) mass is 277 g/mol. The smallest absolute Gasteiger partial charge is 0.257 e. The van der Waals surface area contributed by atoms with E-state index < -0.39 is 0 Å². The fourth-order valence-corrected chi connectivity index (χ4v) is 3.64. The van der Waals surface area contributed by atoms with Crippen molar-refractivity contribution in [1.82, 2.24) is 15.5 Å². The number of rotatable bonds is 5. The Balaban J connectivity index is 1.73. The van der Waals surface area contributed by atoms with Gasteiger partial charge in [-0.3, -0.25) is 0 Å². The Bertz CT molecular complexity index is 523. The van der Waals surface area contributed by atoms with Gasteiger partial charge in [-0.15, -0.1) is 21.5 Å². The van der Waals surface area contributed by atoms with E-state index in [1.54, 1.807) is 0 Å². The molecule has 1 N–H and O–H groups in total. The van der Waals surface area contributed by atoms with Gasteiger partial charge in [-0.05, 0) is 57.3 Å². The van der Waals surface area contributed by atoms with E-state index in [-0.39, 0.29) is 0 Å². The van der Waals surface area contributed by atoms with E-state index in [1.165, 1.54) is 36.1 Å². The van der Waals surface area contributed by atoms with Crippen molar-refractivity contribution in [3.63, 3.8) is 0 Å². The summed E-state index contributed by atoms with van der Waals surface area (Å²) in [5.41, 5.74) is 1.49. The Hall–Kier alpha value is -1.20. The summed E-state index contributed by atoms with van der Waals surface area (Å²) in [4.78, 5) is 2.65. The second-order valence-corrected chi connectivity index (χ2v) is 6.11. The SMILES string of the molecule is CNCCCc1nnc(-c2cc3c(s2)CCCC3)o1. The highest BCUT2D eigenvalue weighted by Crippen LogP contribution is 2.35. The molecule has 4 nitrogen and oxygen atoms in total. The van der Waals surface area contributed by atoms with Crippen LogP contribution in [0.5, 0.6) is 0 Å². The zero-order chi connectivity index (χ0) is 13.1. The van der Waals surface area contributed by atoms with Crippen LogP contribution in [0.1, 0.15) is 35.6 Å². The van der Waals surface area contributed by atoms with Crippen molar-refractivity contribution in [3.8, 4) is 10.8 Å². The van der Waals surface area contributed by atoms with Crippen LogP contribution in [0.15, 0.2) is 10.5 Å². The average molecular weight is 277 g/mol. The molecule has 0 bridgehead atoms. The van der Waals surface area contributed by atoms with Gasteiger partial charge in [0.1, 0.15) is 0 Å². The maximum Gasteiger partial charge on any atom is 0.257 e. The van der Waals surface area contributed by atoms with E-state index in [0.29, 0.717) is 5.89 Å². The van der Waals surface area contributed by atoms with Crippen LogP contribution in [0, 0.1) is 0 Å². The highest BCUT2D eigenvalue weighted by atomic mass is 32.1. The van der Waals surface area contributed by atoms with E-state index in [1.807, 2.05) is 18.4 Å². The number of hydrogen-bond donors (Lipinski definition) is 1. The van der Waals surface area contributed by atoms with Crippen molar-refractivity contribution in [1.29, 1.82) is 0 Å². The van der Waals surface area contributed by atoms with E-state index in [9.17, 15) is 0 Å². The molecule has 0 amide bonds. The van der Waals surface area contributed by atoms with Gasteiger partial charge in [0.05, 0.1) is 4.88 Å². The lowest BCUT2D eigenvalue weighted by Gasteiger charge is -2.08. The first-order valence-electron chi connectivity index (χ1n) is 6.96. The molecular formula is C14H19N3OS. The quantitative estimate of drug-likeness (QED) is 0.854. The van der Waals surface area contributed by atoms with Gasteiger partial charge >= 0.3 is 0 Å². The number of thiophene rings is 1. The van der Waals surface area contributed by atoms with Crippen LogP contribution in [0.25, 0.3) is 10.8 Å². The first kappa shape index (κ1) is 12.8. The molecule has 19 heavy (non-hydrogen) atoms. The molecule has 0 fully saturated rings. The van der Waals surface area contributed by atoms with E-state index in [0.717, 1.165) is 30.2 Å². The molecule has 2 aromatic heterocycles. The molecule has 1 aliphatic carbocycles. The van der Waals surface area contributed by atoms with Gasteiger partial charge < -0.3 is 9.73 Å². The zero-order valence-electron chi connectivity index (χ0n) is 11.2. The molecule has 1 aliphatic rings. The summed E-state index contributed by atoms with van der Waals surface area (Å²) in [5.74, 6) is 1.44. The van der Waals surface area contributed by atoms with E-state index in [4.69, 9.17) is 4.42 Å². The molecule has 0 aliphatic heterocycles. The van der Waals surface area contributed by atoms with Gasteiger partial charge in [-0.1, -0.05) is 0 Å². The van der Waals surface area contributed by atoms with Crippen molar-refractivity contribution in [2.75, 3.05) is 13.6 Å². The maximum absolute atomic E-state index is 5.75. The zero-order valence-corrected chi connectivity index (χ0v) is 12.1. The van der Waals surface area contributed by atoms with Crippen LogP contribution in [-0.2, 0) is 19.3 Å². The summed E-state index contributed by atoms with van der Waals surface area (Å²) in [6.07, 6.45) is 6.91. The molecule has 0 aromatic carbocycles. The molecule has 0 saturated heterocycles. The molecule has 0 radical (unpaired) electrons. The van der Waals surface area contributed by atoms with Crippen molar-refractivity contribution in [2.45, 2.75) is 38.5 Å². The van der Waals surface area contributed by atoms with Crippen LogP contribution < -0.4 is 5.32 Å². The molecule has 102 valence electrons. The Morgan fingerprint density at radius 2 is 2.21 bits per heavy atom. The predicted octanol–water partition coefficient (Wildman–Crippen LogP) is 2.83. The average Bonchev–Trinajstić information content (AvgIpc) is 3.04. The molecular weight excluding hydrogens is 258 g/mol. The van der Waals surface area contributed by atoms with Crippen LogP contribution in [-0.4, -0.2) is 23.8 Å². The second kappa shape index (κ2) is 5.84. The molecule has 0 saturated carbocycles. The molecule has 5 heteroatoms. The minimum absolute atomic E-state index is 0.693. The number of aromatic nitrogens is 2. The van der Waals surface area contributed by atoms with Gasteiger partial charge in [0.15, 0.2) is 0 Å². The van der Waals surface area contributed by atoms with Crippen LogP contribution in [0.2, 0.25) is 0 Å². The number of hydrogen-bond acceptors (Lipinski definition) is 5. The van der Waals surface area contributed by atoms with E-state index in [2.05, 4.69) is 21.6 Å². The van der Waals surface area contributed by atoms with Gasteiger partial charge in [0, 0.05) is 11.3 Å². The fourth-order valence-electron chi connectivity index (χ4n) is 2.47. The third-order valence-corrected chi connectivity index (χ3v) is 4.72. The predicted molar refractivity (Wildman–Crippen MR) is 76.5 cm³/mol. The fraction of sp³-hybridized carbons (Fsp3) is 0.571. The third-order valence-electron chi connectivity index (χ3n) is 3.49. The van der Waals surface area contributed by atoms with Gasteiger partial charge in [-0.25, -0.2) is 0 Å². The maximum atomic E-state index is 5.75. The minimum Gasteiger partial charge on any atom is -0.420 e. The van der Waals surface area contributed by atoms with Crippen molar-refractivity contribution >= 4 is 11.3 Å². The standard InChI is InChI=1S/C14H19N3OS/c1-15-8-4-7-13-16-17-14(18-13)12-9-10-5-2-3-6-11(10)19-12/h9,15H,2-8H2,1H3. The van der Waals surface area contributed by atoms with Crippen molar-refractivity contribution < 1.29 is 4.42 Å². The number of aryl methyl sites for hydroxylation is 3. The summed E-state index contributed by atoms with van der Waals surface area (Å²) >= 11 is 1.82. The normalized spacial score (nSPS) is 14.6.